The van der Waals surface area contributed by atoms with E-state index in [0.717, 1.165) is 36.2 Å². The molecule has 0 aromatic carbocycles. The van der Waals surface area contributed by atoms with E-state index >= 15 is 0 Å². The maximum absolute atomic E-state index is 12.3. The molecular weight excluding hydrogens is 384 g/mol. The van der Waals surface area contributed by atoms with Crippen LogP contribution in [-0.2, 0) is 25.6 Å². The molecule has 1 aromatic rings. The van der Waals surface area contributed by atoms with Gasteiger partial charge in [0.2, 0.25) is 0 Å². The predicted octanol–water partition coefficient (Wildman–Crippen LogP) is 2.54. The largest absolute Gasteiger partial charge is 0.451 e. The van der Waals surface area contributed by atoms with Crippen molar-refractivity contribution in [3.63, 3.8) is 0 Å². The zero-order valence-corrected chi connectivity index (χ0v) is 17.8. The molecule has 1 N–H and O–H groups in total. The minimum absolute atomic E-state index is 0.192. The van der Waals surface area contributed by atoms with Crippen molar-refractivity contribution in [1.82, 2.24) is 9.88 Å². The number of carbonyl (C=O) groups excluding carboxylic acids is 2. The topological polar surface area (TPSA) is 117 Å². The second kappa shape index (κ2) is 10.6. The molecule has 0 aliphatic heterocycles. The molecule has 0 saturated heterocycles. The summed E-state index contributed by atoms with van der Waals surface area (Å²) in [6.07, 6.45) is 5.42. The van der Waals surface area contributed by atoms with E-state index in [1.54, 1.807) is 7.11 Å². The second-order valence-electron chi connectivity index (χ2n) is 7.52. The van der Waals surface area contributed by atoms with E-state index in [9.17, 15) is 20.1 Å². The molecular formula is C22H28N4O4. The summed E-state index contributed by atoms with van der Waals surface area (Å²) >= 11 is 0. The number of nitrogens with zero attached hydrogens (tertiary/aromatic N) is 3. The van der Waals surface area contributed by atoms with Crippen molar-refractivity contribution in [2.24, 2.45) is 0 Å². The van der Waals surface area contributed by atoms with E-state index in [1.165, 1.54) is 6.08 Å². The number of amides is 1. The van der Waals surface area contributed by atoms with Gasteiger partial charge < -0.3 is 19.4 Å². The van der Waals surface area contributed by atoms with Gasteiger partial charge in [-0.1, -0.05) is 19.3 Å². The minimum Gasteiger partial charge on any atom is -0.451 e. The molecule has 2 rings (SSSR count). The van der Waals surface area contributed by atoms with Gasteiger partial charge in [0.1, 0.15) is 17.2 Å². The Hall–Kier alpha value is -3.10. The van der Waals surface area contributed by atoms with E-state index < -0.39 is 24.0 Å². The molecule has 1 fully saturated rings. The van der Waals surface area contributed by atoms with Gasteiger partial charge in [0.15, 0.2) is 6.61 Å². The monoisotopic (exact) mass is 412 g/mol. The SMILES string of the molecule is COCCn1c(C)cc(/C=C(\C#N)C(=O)OCC(=O)NC2(C#N)CCCCC2)c1C. The van der Waals surface area contributed by atoms with Crippen molar-refractivity contribution in [3.8, 4) is 12.1 Å². The molecule has 1 heterocycles. The van der Waals surface area contributed by atoms with Gasteiger partial charge >= 0.3 is 5.97 Å². The van der Waals surface area contributed by atoms with Gasteiger partial charge in [0.25, 0.3) is 5.91 Å². The van der Waals surface area contributed by atoms with Gasteiger partial charge in [0, 0.05) is 25.0 Å². The zero-order chi connectivity index (χ0) is 22.1. The molecule has 1 aromatic heterocycles. The van der Waals surface area contributed by atoms with Crippen molar-refractivity contribution in [1.29, 1.82) is 10.5 Å². The average Bonchev–Trinajstić information content (AvgIpc) is 3.01. The lowest BCUT2D eigenvalue weighted by Crippen LogP contribution is -2.50. The van der Waals surface area contributed by atoms with Gasteiger partial charge in [-0.25, -0.2) is 4.79 Å². The maximum atomic E-state index is 12.3. The van der Waals surface area contributed by atoms with Crippen molar-refractivity contribution in [3.05, 3.63) is 28.6 Å². The summed E-state index contributed by atoms with van der Waals surface area (Å²) in [4.78, 5) is 24.5. The van der Waals surface area contributed by atoms with Crippen LogP contribution < -0.4 is 5.32 Å². The van der Waals surface area contributed by atoms with Gasteiger partial charge in [-0.15, -0.1) is 0 Å². The van der Waals surface area contributed by atoms with Crippen LogP contribution in [0.1, 0.15) is 49.1 Å². The third-order valence-electron chi connectivity index (χ3n) is 5.41. The normalized spacial score (nSPS) is 15.7. The van der Waals surface area contributed by atoms with Crippen LogP contribution in [0.15, 0.2) is 11.6 Å². The number of carbonyl (C=O) groups is 2. The molecule has 1 aliphatic rings. The highest BCUT2D eigenvalue weighted by Gasteiger charge is 2.33. The van der Waals surface area contributed by atoms with Crippen LogP contribution in [-0.4, -0.2) is 42.3 Å². The summed E-state index contributed by atoms with van der Waals surface area (Å²) in [6, 6.07) is 5.90. The Morgan fingerprint density at radius 2 is 1.97 bits per heavy atom. The van der Waals surface area contributed by atoms with Crippen molar-refractivity contribution >= 4 is 18.0 Å². The number of hydrogen-bond donors (Lipinski definition) is 1. The highest BCUT2D eigenvalue weighted by molar-refractivity contribution is 5.99. The lowest BCUT2D eigenvalue weighted by Gasteiger charge is -2.31. The van der Waals surface area contributed by atoms with Crippen molar-refractivity contribution in [2.75, 3.05) is 20.3 Å². The van der Waals surface area contributed by atoms with Gasteiger partial charge in [-0.3, -0.25) is 4.79 Å². The number of methoxy groups -OCH3 is 1. The highest BCUT2D eigenvalue weighted by atomic mass is 16.5. The first kappa shape index (κ1) is 23.2. The summed E-state index contributed by atoms with van der Waals surface area (Å²) in [5.41, 5.74) is 1.52. The summed E-state index contributed by atoms with van der Waals surface area (Å²) in [6.45, 7) is 4.51. The Morgan fingerprint density at radius 3 is 2.57 bits per heavy atom. The molecule has 0 atom stereocenters. The molecule has 0 spiro atoms. The van der Waals surface area contributed by atoms with Crippen molar-refractivity contribution in [2.45, 2.75) is 58.0 Å². The van der Waals surface area contributed by atoms with Crippen LogP contribution in [0.2, 0.25) is 0 Å². The molecule has 1 aliphatic carbocycles. The van der Waals surface area contributed by atoms with Crippen LogP contribution >= 0.6 is 0 Å². The van der Waals surface area contributed by atoms with Crippen LogP contribution in [0.4, 0.5) is 0 Å². The smallest absolute Gasteiger partial charge is 0.349 e. The first-order valence-electron chi connectivity index (χ1n) is 10.0. The summed E-state index contributed by atoms with van der Waals surface area (Å²) < 4.78 is 12.2. The molecule has 160 valence electrons. The molecule has 30 heavy (non-hydrogen) atoms. The van der Waals surface area contributed by atoms with E-state index in [2.05, 4.69) is 11.4 Å². The Labute approximate surface area is 177 Å². The van der Waals surface area contributed by atoms with Crippen LogP contribution in [0.25, 0.3) is 6.08 Å². The Bertz CT molecular complexity index is 895. The van der Waals surface area contributed by atoms with Gasteiger partial charge in [-0.2, -0.15) is 10.5 Å². The lowest BCUT2D eigenvalue weighted by atomic mass is 9.83. The first-order chi connectivity index (χ1) is 14.4. The van der Waals surface area contributed by atoms with Crippen LogP contribution in [0, 0.1) is 36.5 Å². The molecule has 1 saturated carbocycles. The number of rotatable bonds is 8. The van der Waals surface area contributed by atoms with Gasteiger partial charge in [0.05, 0.1) is 12.7 Å². The molecule has 0 radical (unpaired) electrons. The fraction of sp³-hybridized carbons (Fsp3) is 0.545. The quantitative estimate of drug-likeness (QED) is 0.398. The number of ether oxygens (including phenoxy) is 2. The fourth-order valence-electron chi connectivity index (χ4n) is 3.72. The van der Waals surface area contributed by atoms with E-state index in [1.807, 2.05) is 30.6 Å². The average molecular weight is 412 g/mol. The summed E-state index contributed by atoms with van der Waals surface area (Å²) in [7, 11) is 1.63. The van der Waals surface area contributed by atoms with Gasteiger partial charge in [-0.05, 0) is 44.4 Å². The second-order valence-corrected chi connectivity index (χ2v) is 7.52. The molecule has 0 bridgehead atoms. The maximum Gasteiger partial charge on any atom is 0.349 e. The first-order valence-corrected chi connectivity index (χ1v) is 10.0. The fourth-order valence-corrected chi connectivity index (χ4v) is 3.72. The van der Waals surface area contributed by atoms with Crippen molar-refractivity contribution < 1.29 is 19.1 Å². The van der Waals surface area contributed by atoms with E-state index in [0.29, 0.717) is 26.0 Å². The van der Waals surface area contributed by atoms with E-state index in [4.69, 9.17) is 9.47 Å². The standard InChI is InChI=1S/C22H28N4O4/c1-16-11-18(17(2)26(16)9-10-29-3)12-19(13-23)21(28)30-14-20(27)25-22(15-24)7-5-4-6-8-22/h11-12H,4-10,14H2,1-3H3,(H,25,27)/b19-12+. The number of nitrogens with one attached hydrogen (secondary N) is 1. The zero-order valence-electron chi connectivity index (χ0n) is 17.8. The highest BCUT2D eigenvalue weighted by Crippen LogP contribution is 2.27. The third-order valence-corrected chi connectivity index (χ3v) is 5.41. The number of hydrogen-bond acceptors (Lipinski definition) is 6. The molecule has 8 nitrogen and oxygen atoms in total. The predicted molar refractivity (Wildman–Crippen MR) is 110 cm³/mol. The lowest BCUT2D eigenvalue weighted by molar-refractivity contribution is -0.144. The number of esters is 1. The third kappa shape index (κ3) is 5.71. The summed E-state index contributed by atoms with van der Waals surface area (Å²) in [5.74, 6) is -1.41. The Kier molecular flexibility index (Phi) is 8.20. The number of aryl methyl sites for hydroxylation is 1. The summed E-state index contributed by atoms with van der Waals surface area (Å²) in [5, 5.41) is 21.5. The molecule has 8 heteroatoms. The minimum atomic E-state index is -0.893. The Balaban J connectivity index is 2.02. The Morgan fingerprint density at radius 1 is 1.27 bits per heavy atom. The molecule has 0 unspecified atom stereocenters. The van der Waals surface area contributed by atoms with E-state index in [-0.39, 0.29) is 5.57 Å². The van der Waals surface area contributed by atoms with Crippen LogP contribution in [0.5, 0.6) is 0 Å². The number of aromatic nitrogens is 1. The number of nitriles is 2. The van der Waals surface area contributed by atoms with Crippen LogP contribution in [0.3, 0.4) is 0 Å². The molecule has 1 amide bonds.